The van der Waals surface area contributed by atoms with E-state index < -0.39 is 0 Å². The summed E-state index contributed by atoms with van der Waals surface area (Å²) in [6, 6.07) is 6.71. The number of amides is 2. The third-order valence-corrected chi connectivity index (χ3v) is 3.56. The minimum Gasteiger partial charge on any atom is -0.378 e. The number of halogens is 1. The van der Waals surface area contributed by atoms with E-state index in [2.05, 4.69) is 0 Å². The third kappa shape index (κ3) is 2.30. The molecule has 0 aliphatic carbocycles. The van der Waals surface area contributed by atoms with Crippen LogP contribution in [0.2, 0.25) is 5.02 Å². The molecule has 2 amide bonds. The van der Waals surface area contributed by atoms with E-state index in [1.165, 1.54) is 6.08 Å². The summed E-state index contributed by atoms with van der Waals surface area (Å²) in [6.07, 6.45) is 1.38. The molecule has 104 valence electrons. The number of anilines is 1. The third-order valence-electron chi connectivity index (χ3n) is 3.32. The molecule has 0 aromatic heterocycles. The van der Waals surface area contributed by atoms with Gasteiger partial charge in [0.15, 0.2) is 0 Å². The highest BCUT2D eigenvalue weighted by Crippen LogP contribution is 2.26. The number of rotatable bonds is 2. The maximum absolute atomic E-state index is 12.4. The van der Waals surface area contributed by atoms with E-state index in [4.69, 9.17) is 16.3 Å². The molecule has 2 aliphatic rings. The van der Waals surface area contributed by atoms with Crippen LogP contribution in [0.15, 0.2) is 36.0 Å². The summed E-state index contributed by atoms with van der Waals surface area (Å²) >= 11 is 5.91. The van der Waals surface area contributed by atoms with Gasteiger partial charge >= 0.3 is 0 Å². The number of carbonyl (C=O) groups is 2. The molecule has 1 saturated heterocycles. The Morgan fingerprint density at radius 2 is 1.90 bits per heavy atom. The van der Waals surface area contributed by atoms with Crippen molar-refractivity contribution in [2.24, 2.45) is 0 Å². The molecule has 2 heterocycles. The van der Waals surface area contributed by atoms with Crippen LogP contribution in [0.3, 0.4) is 0 Å². The Labute approximate surface area is 121 Å². The van der Waals surface area contributed by atoms with Crippen molar-refractivity contribution in [3.05, 3.63) is 41.1 Å². The molecular weight excluding hydrogens is 280 g/mol. The monoisotopic (exact) mass is 292 g/mol. The van der Waals surface area contributed by atoms with E-state index in [0.717, 1.165) is 4.90 Å². The van der Waals surface area contributed by atoms with Crippen LogP contribution < -0.4 is 4.90 Å². The maximum atomic E-state index is 12.4. The van der Waals surface area contributed by atoms with Crippen molar-refractivity contribution in [1.29, 1.82) is 0 Å². The van der Waals surface area contributed by atoms with Gasteiger partial charge in [0, 0.05) is 24.2 Å². The Balaban J connectivity index is 1.86. The van der Waals surface area contributed by atoms with Crippen molar-refractivity contribution in [3.8, 4) is 0 Å². The second-order valence-electron chi connectivity index (χ2n) is 4.59. The van der Waals surface area contributed by atoms with E-state index in [1.807, 2.05) is 4.90 Å². The van der Waals surface area contributed by atoms with Crippen molar-refractivity contribution in [2.45, 2.75) is 0 Å². The number of imide groups is 1. The topological polar surface area (TPSA) is 49.9 Å². The molecular formula is C14H13ClN2O3. The number of hydrogen-bond donors (Lipinski definition) is 0. The van der Waals surface area contributed by atoms with Crippen molar-refractivity contribution in [3.63, 3.8) is 0 Å². The fraction of sp³-hybridized carbons (Fsp3) is 0.286. The van der Waals surface area contributed by atoms with Gasteiger partial charge in [-0.1, -0.05) is 17.7 Å². The Morgan fingerprint density at radius 3 is 2.60 bits per heavy atom. The van der Waals surface area contributed by atoms with Crippen LogP contribution in [0.25, 0.3) is 0 Å². The molecule has 2 aliphatic heterocycles. The van der Waals surface area contributed by atoms with Gasteiger partial charge in [-0.25, -0.2) is 4.90 Å². The second-order valence-corrected chi connectivity index (χ2v) is 5.02. The molecule has 1 aromatic carbocycles. The van der Waals surface area contributed by atoms with Gasteiger partial charge in [0.05, 0.1) is 18.9 Å². The standard InChI is InChI=1S/C14H13ClN2O3/c15-10-2-1-3-11(8-10)17-13(18)9-12(14(17)19)16-4-6-20-7-5-16/h1-3,8-9H,4-7H2. The number of nitrogens with zero attached hydrogens (tertiary/aromatic N) is 2. The van der Waals surface area contributed by atoms with E-state index in [0.29, 0.717) is 42.7 Å². The minimum atomic E-state index is -0.334. The molecule has 0 N–H and O–H groups in total. The van der Waals surface area contributed by atoms with Crippen LogP contribution in [0.1, 0.15) is 0 Å². The molecule has 1 aromatic rings. The molecule has 0 unspecified atom stereocenters. The van der Waals surface area contributed by atoms with E-state index in [-0.39, 0.29) is 11.8 Å². The summed E-state index contributed by atoms with van der Waals surface area (Å²) in [7, 11) is 0. The lowest BCUT2D eigenvalue weighted by molar-refractivity contribution is -0.121. The predicted molar refractivity (Wildman–Crippen MR) is 74.4 cm³/mol. The van der Waals surface area contributed by atoms with E-state index in [1.54, 1.807) is 24.3 Å². The number of morpholine rings is 1. The lowest BCUT2D eigenvalue weighted by Gasteiger charge is -2.29. The highest BCUT2D eigenvalue weighted by molar-refractivity contribution is 6.33. The number of carbonyl (C=O) groups excluding carboxylic acids is 2. The van der Waals surface area contributed by atoms with Gasteiger partial charge in [-0.15, -0.1) is 0 Å². The van der Waals surface area contributed by atoms with E-state index in [9.17, 15) is 9.59 Å². The van der Waals surface area contributed by atoms with Gasteiger partial charge in [0.25, 0.3) is 11.8 Å². The average molecular weight is 293 g/mol. The zero-order valence-corrected chi connectivity index (χ0v) is 11.5. The number of ether oxygens (including phenoxy) is 1. The van der Waals surface area contributed by atoms with E-state index >= 15 is 0 Å². The van der Waals surface area contributed by atoms with Crippen LogP contribution in [-0.4, -0.2) is 43.0 Å². The Hall–Kier alpha value is -1.85. The lowest BCUT2D eigenvalue weighted by Crippen LogP contribution is -2.40. The predicted octanol–water partition coefficient (Wildman–Crippen LogP) is 1.43. The summed E-state index contributed by atoms with van der Waals surface area (Å²) < 4.78 is 5.25. The highest BCUT2D eigenvalue weighted by atomic mass is 35.5. The first-order chi connectivity index (χ1) is 9.66. The molecule has 20 heavy (non-hydrogen) atoms. The molecule has 3 rings (SSSR count). The van der Waals surface area contributed by atoms with Crippen LogP contribution in [0, 0.1) is 0 Å². The SMILES string of the molecule is O=C1C=C(N2CCOCC2)C(=O)N1c1cccc(Cl)c1. The first-order valence-electron chi connectivity index (χ1n) is 6.35. The molecule has 0 spiro atoms. The molecule has 6 heteroatoms. The largest absolute Gasteiger partial charge is 0.378 e. The van der Waals surface area contributed by atoms with Gasteiger partial charge in [-0.05, 0) is 18.2 Å². The fourth-order valence-corrected chi connectivity index (χ4v) is 2.53. The maximum Gasteiger partial charge on any atom is 0.281 e. The molecule has 0 atom stereocenters. The number of hydrogen-bond acceptors (Lipinski definition) is 4. The van der Waals surface area contributed by atoms with Gasteiger partial charge < -0.3 is 9.64 Å². The van der Waals surface area contributed by atoms with Crippen molar-refractivity contribution < 1.29 is 14.3 Å². The lowest BCUT2D eigenvalue weighted by atomic mass is 10.3. The van der Waals surface area contributed by atoms with Gasteiger partial charge in [0.1, 0.15) is 5.70 Å². The minimum absolute atomic E-state index is 0.306. The zero-order chi connectivity index (χ0) is 14.1. The normalized spacial score (nSPS) is 19.6. The Morgan fingerprint density at radius 1 is 1.15 bits per heavy atom. The van der Waals surface area contributed by atoms with Crippen molar-refractivity contribution in [1.82, 2.24) is 4.90 Å². The average Bonchev–Trinajstić information content (AvgIpc) is 2.75. The Bertz CT molecular complexity index is 594. The second kappa shape index (κ2) is 5.26. The highest BCUT2D eigenvalue weighted by Gasteiger charge is 2.35. The number of benzene rings is 1. The molecule has 1 fully saturated rings. The molecule has 5 nitrogen and oxygen atoms in total. The van der Waals surface area contributed by atoms with Gasteiger partial charge in [-0.2, -0.15) is 0 Å². The Kier molecular flexibility index (Phi) is 3.46. The first-order valence-corrected chi connectivity index (χ1v) is 6.73. The molecule has 0 radical (unpaired) electrons. The molecule has 0 saturated carbocycles. The van der Waals surface area contributed by atoms with Crippen LogP contribution >= 0.6 is 11.6 Å². The van der Waals surface area contributed by atoms with Gasteiger partial charge in [0.2, 0.25) is 0 Å². The molecule has 0 bridgehead atoms. The zero-order valence-electron chi connectivity index (χ0n) is 10.7. The van der Waals surface area contributed by atoms with Crippen molar-refractivity contribution in [2.75, 3.05) is 31.2 Å². The first kappa shape index (κ1) is 13.1. The van der Waals surface area contributed by atoms with Crippen LogP contribution in [0.4, 0.5) is 5.69 Å². The van der Waals surface area contributed by atoms with Crippen molar-refractivity contribution >= 4 is 29.1 Å². The summed E-state index contributed by atoms with van der Waals surface area (Å²) in [5.74, 6) is -0.641. The van der Waals surface area contributed by atoms with Crippen LogP contribution in [0.5, 0.6) is 0 Å². The summed E-state index contributed by atoms with van der Waals surface area (Å²) in [6.45, 7) is 2.37. The summed E-state index contributed by atoms with van der Waals surface area (Å²) in [5.41, 5.74) is 0.922. The van der Waals surface area contributed by atoms with Gasteiger partial charge in [-0.3, -0.25) is 9.59 Å². The summed E-state index contributed by atoms with van der Waals surface area (Å²) in [5, 5.41) is 0.489. The van der Waals surface area contributed by atoms with Crippen LogP contribution in [-0.2, 0) is 14.3 Å². The summed E-state index contributed by atoms with van der Waals surface area (Å²) in [4.78, 5) is 27.5. The smallest absolute Gasteiger partial charge is 0.281 e. The fourth-order valence-electron chi connectivity index (χ4n) is 2.35. The quantitative estimate of drug-likeness (QED) is 0.774.